The summed E-state index contributed by atoms with van der Waals surface area (Å²) >= 11 is 0. The van der Waals surface area contributed by atoms with Crippen molar-refractivity contribution in [2.75, 3.05) is 0 Å². The van der Waals surface area contributed by atoms with Gasteiger partial charge in [-0.3, -0.25) is 9.59 Å². The van der Waals surface area contributed by atoms with Crippen LogP contribution in [-0.4, -0.2) is 23.0 Å². The Morgan fingerprint density at radius 1 is 1.29 bits per heavy atom. The number of aliphatic carboxylic acids is 1. The largest absolute Gasteiger partial charge is 0.481 e. The number of rotatable bonds is 5. The number of carboxylic acids is 1. The summed E-state index contributed by atoms with van der Waals surface area (Å²) in [5.74, 6) is -1.77. The average Bonchev–Trinajstić information content (AvgIpc) is 2.91. The molecule has 0 aromatic heterocycles. The molecule has 3 unspecified atom stereocenters. The van der Waals surface area contributed by atoms with Gasteiger partial charge in [-0.25, -0.2) is 4.39 Å². The van der Waals surface area contributed by atoms with Crippen molar-refractivity contribution in [3.63, 3.8) is 0 Å². The molecule has 1 amide bonds. The molecule has 0 heterocycles. The second-order valence-electron chi connectivity index (χ2n) is 5.79. The van der Waals surface area contributed by atoms with Gasteiger partial charge in [0.2, 0.25) is 5.91 Å². The summed E-state index contributed by atoms with van der Waals surface area (Å²) in [5, 5.41) is 11.9. The van der Waals surface area contributed by atoms with E-state index in [-0.39, 0.29) is 23.7 Å². The molecular formula is C16H20FNO3. The fourth-order valence-electron chi connectivity index (χ4n) is 2.83. The lowest BCUT2D eigenvalue weighted by molar-refractivity contribution is -0.141. The second-order valence-corrected chi connectivity index (χ2v) is 5.79. The first-order valence-electron chi connectivity index (χ1n) is 7.23. The van der Waals surface area contributed by atoms with Crippen LogP contribution in [0.3, 0.4) is 0 Å². The first-order valence-corrected chi connectivity index (χ1v) is 7.23. The molecule has 1 aliphatic carbocycles. The predicted octanol–water partition coefficient (Wildman–Crippen LogP) is 2.37. The monoisotopic (exact) mass is 293 g/mol. The molecule has 4 nitrogen and oxygen atoms in total. The van der Waals surface area contributed by atoms with Crippen LogP contribution in [0.5, 0.6) is 0 Å². The van der Waals surface area contributed by atoms with Crippen LogP contribution in [0.15, 0.2) is 24.3 Å². The number of carboxylic acid groups (broad SMARTS) is 1. The molecule has 2 rings (SSSR count). The zero-order valence-corrected chi connectivity index (χ0v) is 12.0. The summed E-state index contributed by atoms with van der Waals surface area (Å²) < 4.78 is 12.8. The van der Waals surface area contributed by atoms with E-state index in [1.54, 1.807) is 12.1 Å². The van der Waals surface area contributed by atoms with E-state index in [0.717, 1.165) is 5.56 Å². The van der Waals surface area contributed by atoms with Crippen LogP contribution in [0.25, 0.3) is 0 Å². The third-order valence-electron chi connectivity index (χ3n) is 4.00. The van der Waals surface area contributed by atoms with E-state index in [9.17, 15) is 14.0 Å². The molecule has 0 saturated heterocycles. The first kappa shape index (κ1) is 15.5. The van der Waals surface area contributed by atoms with Crippen LogP contribution in [0.4, 0.5) is 4.39 Å². The maximum Gasteiger partial charge on any atom is 0.306 e. The van der Waals surface area contributed by atoms with Crippen molar-refractivity contribution < 1.29 is 19.1 Å². The van der Waals surface area contributed by atoms with Crippen molar-refractivity contribution in [1.29, 1.82) is 0 Å². The van der Waals surface area contributed by atoms with Gasteiger partial charge in [0.25, 0.3) is 0 Å². The minimum Gasteiger partial charge on any atom is -0.481 e. The lowest BCUT2D eigenvalue weighted by atomic mass is 10.0. The van der Waals surface area contributed by atoms with Gasteiger partial charge in [-0.2, -0.15) is 0 Å². The Hall–Kier alpha value is -1.91. The van der Waals surface area contributed by atoms with Crippen molar-refractivity contribution in [1.82, 2.24) is 5.32 Å². The van der Waals surface area contributed by atoms with Crippen LogP contribution in [0, 0.1) is 17.7 Å². The zero-order chi connectivity index (χ0) is 15.4. The number of hydrogen-bond acceptors (Lipinski definition) is 2. The highest BCUT2D eigenvalue weighted by Gasteiger charge is 2.34. The highest BCUT2D eigenvalue weighted by Crippen LogP contribution is 2.31. The van der Waals surface area contributed by atoms with E-state index in [2.05, 4.69) is 5.32 Å². The lowest BCUT2D eigenvalue weighted by Crippen LogP contribution is -2.37. The summed E-state index contributed by atoms with van der Waals surface area (Å²) in [6, 6.07) is 6.14. The molecule has 0 aliphatic heterocycles. The van der Waals surface area contributed by atoms with Crippen LogP contribution < -0.4 is 5.32 Å². The Morgan fingerprint density at radius 2 is 1.90 bits per heavy atom. The van der Waals surface area contributed by atoms with Gasteiger partial charge in [-0.1, -0.05) is 12.1 Å². The van der Waals surface area contributed by atoms with E-state index in [0.29, 0.717) is 25.7 Å². The molecule has 0 spiro atoms. The molecule has 114 valence electrons. The first-order chi connectivity index (χ1) is 9.95. The molecule has 1 saturated carbocycles. The van der Waals surface area contributed by atoms with E-state index in [1.807, 2.05) is 6.92 Å². The summed E-state index contributed by atoms with van der Waals surface area (Å²) in [7, 11) is 0. The maximum absolute atomic E-state index is 12.8. The molecule has 2 N–H and O–H groups in total. The SMILES string of the molecule is CC(Cc1ccc(F)cc1)NC(=O)C1CCC(C(=O)O)C1. The average molecular weight is 293 g/mol. The quantitative estimate of drug-likeness (QED) is 0.876. The molecule has 1 aromatic rings. The van der Waals surface area contributed by atoms with Crippen LogP contribution in [-0.2, 0) is 16.0 Å². The number of nitrogens with one attached hydrogen (secondary N) is 1. The van der Waals surface area contributed by atoms with Gasteiger partial charge in [-0.05, 0) is 50.3 Å². The number of hydrogen-bond donors (Lipinski definition) is 2. The topological polar surface area (TPSA) is 66.4 Å². The summed E-state index contributed by atoms with van der Waals surface area (Å²) in [5.41, 5.74) is 0.957. The summed E-state index contributed by atoms with van der Waals surface area (Å²) in [6.07, 6.45) is 2.25. The van der Waals surface area contributed by atoms with Gasteiger partial charge in [-0.15, -0.1) is 0 Å². The molecule has 1 fully saturated rings. The van der Waals surface area contributed by atoms with Crippen molar-refractivity contribution in [2.24, 2.45) is 11.8 Å². The molecular weight excluding hydrogens is 273 g/mol. The second kappa shape index (κ2) is 6.70. The normalized spacial score (nSPS) is 22.8. The number of benzene rings is 1. The number of carbonyl (C=O) groups excluding carboxylic acids is 1. The lowest BCUT2D eigenvalue weighted by Gasteiger charge is -2.17. The summed E-state index contributed by atoms with van der Waals surface area (Å²) in [6.45, 7) is 1.89. The number of amides is 1. The number of carbonyl (C=O) groups is 2. The van der Waals surface area contributed by atoms with Gasteiger partial charge in [0, 0.05) is 12.0 Å². The van der Waals surface area contributed by atoms with Crippen molar-refractivity contribution >= 4 is 11.9 Å². The van der Waals surface area contributed by atoms with Crippen molar-refractivity contribution in [2.45, 2.75) is 38.6 Å². The van der Waals surface area contributed by atoms with Crippen LogP contribution >= 0.6 is 0 Å². The van der Waals surface area contributed by atoms with E-state index in [1.165, 1.54) is 12.1 Å². The fourth-order valence-corrected chi connectivity index (χ4v) is 2.83. The Labute approximate surface area is 123 Å². The standard InChI is InChI=1S/C16H20FNO3/c1-10(8-11-2-6-14(17)7-3-11)18-15(19)12-4-5-13(9-12)16(20)21/h2-3,6-7,10,12-13H,4-5,8-9H2,1H3,(H,18,19)(H,20,21). The Morgan fingerprint density at radius 3 is 2.48 bits per heavy atom. The molecule has 3 atom stereocenters. The van der Waals surface area contributed by atoms with E-state index < -0.39 is 11.9 Å². The predicted molar refractivity (Wildman–Crippen MR) is 76.2 cm³/mol. The molecule has 0 radical (unpaired) electrons. The highest BCUT2D eigenvalue weighted by molar-refractivity contribution is 5.81. The van der Waals surface area contributed by atoms with Gasteiger partial charge in [0.15, 0.2) is 0 Å². The van der Waals surface area contributed by atoms with Crippen LogP contribution in [0.2, 0.25) is 0 Å². The maximum atomic E-state index is 12.8. The number of halogens is 1. The molecule has 21 heavy (non-hydrogen) atoms. The Bertz CT molecular complexity index is 515. The van der Waals surface area contributed by atoms with Crippen molar-refractivity contribution in [3.05, 3.63) is 35.6 Å². The molecule has 0 bridgehead atoms. The van der Waals surface area contributed by atoms with E-state index >= 15 is 0 Å². The molecule has 1 aliphatic rings. The third-order valence-corrected chi connectivity index (χ3v) is 4.00. The zero-order valence-electron chi connectivity index (χ0n) is 12.0. The molecule has 1 aromatic carbocycles. The van der Waals surface area contributed by atoms with Gasteiger partial charge in [0.1, 0.15) is 5.82 Å². The van der Waals surface area contributed by atoms with Gasteiger partial charge >= 0.3 is 5.97 Å². The fraction of sp³-hybridized carbons (Fsp3) is 0.500. The highest BCUT2D eigenvalue weighted by atomic mass is 19.1. The van der Waals surface area contributed by atoms with Gasteiger partial charge in [0.05, 0.1) is 5.92 Å². The third kappa shape index (κ3) is 4.28. The smallest absolute Gasteiger partial charge is 0.306 e. The van der Waals surface area contributed by atoms with Crippen LogP contribution in [0.1, 0.15) is 31.7 Å². The summed E-state index contributed by atoms with van der Waals surface area (Å²) in [4.78, 5) is 23.0. The molecule has 5 heteroatoms. The minimum atomic E-state index is -0.815. The van der Waals surface area contributed by atoms with Crippen molar-refractivity contribution in [3.8, 4) is 0 Å². The Kier molecular flexibility index (Phi) is 4.94. The minimum absolute atomic E-state index is 0.0631. The van der Waals surface area contributed by atoms with Gasteiger partial charge < -0.3 is 10.4 Å². The Balaban J connectivity index is 1.82. The van der Waals surface area contributed by atoms with E-state index in [4.69, 9.17) is 5.11 Å².